The Bertz CT molecular complexity index is 384. The molecule has 0 unspecified atom stereocenters. The van der Waals surface area contributed by atoms with Crippen LogP contribution in [0.1, 0.15) is 98.8 Å². The zero-order chi connectivity index (χ0) is 18.9. The molecular weight excluding hydrogens is 316 g/mol. The van der Waals surface area contributed by atoms with Gasteiger partial charge in [0.2, 0.25) is 0 Å². The largest absolute Gasteiger partial charge is 0.481 e. The minimum Gasteiger partial charge on any atom is -0.481 e. The lowest BCUT2D eigenvalue weighted by Gasteiger charge is -2.44. The molecule has 1 N–H and O–H groups in total. The summed E-state index contributed by atoms with van der Waals surface area (Å²) in [7, 11) is 0. The number of carbonyl (C=O) groups is 1. The fraction of sp³-hybridized carbons (Fsp3) is 0.952. The molecule has 1 saturated heterocycles. The summed E-state index contributed by atoms with van der Waals surface area (Å²) in [4.78, 5) is 22.6. The predicted octanol–water partition coefficient (Wildman–Crippen LogP) is 5.99. The third-order valence-corrected chi connectivity index (χ3v) is 6.08. The van der Waals surface area contributed by atoms with Gasteiger partial charge in [0.05, 0.1) is 6.42 Å². The highest BCUT2D eigenvalue weighted by atomic mass is 17.2. The Morgan fingerprint density at radius 3 is 2.52 bits per heavy atom. The molecule has 1 heterocycles. The van der Waals surface area contributed by atoms with Crippen LogP contribution < -0.4 is 0 Å². The number of hydrogen-bond donors (Lipinski definition) is 1. The Morgan fingerprint density at radius 2 is 2.00 bits per heavy atom. The van der Waals surface area contributed by atoms with Crippen LogP contribution in [-0.4, -0.2) is 22.8 Å². The number of aliphatic carboxylic acids is 1. The van der Waals surface area contributed by atoms with Crippen molar-refractivity contribution in [1.29, 1.82) is 0 Å². The van der Waals surface area contributed by atoms with E-state index in [1.807, 2.05) is 0 Å². The SMILES string of the molecule is CCCC[C@H](C)C[C@H](CC)C[C@@]1(CC)C[C@H](CC)[C@H](CC(=O)O)OO1. The van der Waals surface area contributed by atoms with Crippen LogP contribution in [0.5, 0.6) is 0 Å². The molecular formula is C21H40O4. The summed E-state index contributed by atoms with van der Waals surface area (Å²) >= 11 is 0. The Morgan fingerprint density at radius 1 is 1.28 bits per heavy atom. The molecule has 4 heteroatoms. The van der Waals surface area contributed by atoms with Gasteiger partial charge in [-0.3, -0.25) is 4.79 Å². The van der Waals surface area contributed by atoms with Crippen molar-refractivity contribution >= 4 is 5.97 Å². The average Bonchev–Trinajstić information content (AvgIpc) is 2.60. The Kier molecular flexibility index (Phi) is 10.0. The van der Waals surface area contributed by atoms with Gasteiger partial charge in [-0.2, -0.15) is 0 Å². The van der Waals surface area contributed by atoms with Crippen molar-refractivity contribution in [2.45, 2.75) is 111 Å². The monoisotopic (exact) mass is 356 g/mol. The van der Waals surface area contributed by atoms with Gasteiger partial charge >= 0.3 is 5.97 Å². The molecule has 0 saturated carbocycles. The first kappa shape index (κ1) is 22.4. The summed E-state index contributed by atoms with van der Waals surface area (Å²) in [6, 6.07) is 0. The van der Waals surface area contributed by atoms with E-state index in [1.54, 1.807) is 0 Å². The molecule has 0 spiro atoms. The molecule has 0 aromatic rings. The number of hydrogen-bond acceptors (Lipinski definition) is 3. The first-order valence-electron chi connectivity index (χ1n) is 10.5. The van der Waals surface area contributed by atoms with Gasteiger partial charge in [0.1, 0.15) is 11.7 Å². The number of rotatable bonds is 12. The highest BCUT2D eigenvalue weighted by Gasteiger charge is 2.43. The predicted molar refractivity (Wildman–Crippen MR) is 101 cm³/mol. The van der Waals surface area contributed by atoms with Crippen LogP contribution >= 0.6 is 0 Å². The molecule has 0 aromatic heterocycles. The van der Waals surface area contributed by atoms with Crippen molar-refractivity contribution in [3.63, 3.8) is 0 Å². The van der Waals surface area contributed by atoms with Gasteiger partial charge < -0.3 is 5.11 Å². The van der Waals surface area contributed by atoms with Gasteiger partial charge in [-0.25, -0.2) is 9.78 Å². The molecule has 0 aliphatic carbocycles. The molecule has 0 bridgehead atoms. The van der Waals surface area contributed by atoms with Gasteiger partial charge in [-0.15, -0.1) is 0 Å². The van der Waals surface area contributed by atoms with Crippen LogP contribution in [0, 0.1) is 17.8 Å². The topological polar surface area (TPSA) is 55.8 Å². The van der Waals surface area contributed by atoms with Crippen molar-refractivity contribution in [1.82, 2.24) is 0 Å². The molecule has 5 atom stereocenters. The van der Waals surface area contributed by atoms with Crippen molar-refractivity contribution in [3.05, 3.63) is 0 Å². The van der Waals surface area contributed by atoms with Crippen molar-refractivity contribution < 1.29 is 19.7 Å². The van der Waals surface area contributed by atoms with Gasteiger partial charge in [-0.05, 0) is 43.4 Å². The first-order chi connectivity index (χ1) is 11.9. The lowest BCUT2D eigenvalue weighted by Crippen LogP contribution is -2.46. The summed E-state index contributed by atoms with van der Waals surface area (Å²) in [6.45, 7) is 11.2. The van der Waals surface area contributed by atoms with E-state index in [0.29, 0.717) is 5.92 Å². The molecule has 0 amide bonds. The molecule has 1 fully saturated rings. The second-order valence-electron chi connectivity index (χ2n) is 8.19. The van der Waals surface area contributed by atoms with Crippen LogP contribution in [0.3, 0.4) is 0 Å². The lowest BCUT2D eigenvalue weighted by molar-refractivity contribution is -0.424. The maximum atomic E-state index is 11.1. The van der Waals surface area contributed by atoms with E-state index in [4.69, 9.17) is 14.9 Å². The van der Waals surface area contributed by atoms with E-state index in [2.05, 4.69) is 34.6 Å². The third-order valence-electron chi connectivity index (χ3n) is 6.08. The second-order valence-corrected chi connectivity index (χ2v) is 8.19. The summed E-state index contributed by atoms with van der Waals surface area (Å²) in [5, 5.41) is 9.08. The van der Waals surface area contributed by atoms with Gasteiger partial charge in [-0.1, -0.05) is 66.7 Å². The molecule has 25 heavy (non-hydrogen) atoms. The van der Waals surface area contributed by atoms with E-state index in [-0.39, 0.29) is 24.0 Å². The summed E-state index contributed by atoms with van der Waals surface area (Å²) < 4.78 is 0. The maximum Gasteiger partial charge on any atom is 0.306 e. The smallest absolute Gasteiger partial charge is 0.306 e. The van der Waals surface area contributed by atoms with Crippen LogP contribution in [0.25, 0.3) is 0 Å². The van der Waals surface area contributed by atoms with Crippen molar-refractivity contribution in [3.8, 4) is 0 Å². The highest BCUT2D eigenvalue weighted by Crippen LogP contribution is 2.42. The van der Waals surface area contributed by atoms with Gasteiger partial charge in [0, 0.05) is 0 Å². The summed E-state index contributed by atoms with van der Waals surface area (Å²) in [5.74, 6) is 0.848. The van der Waals surface area contributed by atoms with Gasteiger partial charge in [0.15, 0.2) is 0 Å². The van der Waals surface area contributed by atoms with E-state index in [1.165, 1.54) is 25.7 Å². The summed E-state index contributed by atoms with van der Waals surface area (Å²) in [6.07, 6.45) is 9.80. The molecule has 1 aliphatic heterocycles. The number of unbranched alkanes of at least 4 members (excludes halogenated alkanes) is 1. The van der Waals surface area contributed by atoms with Crippen LogP contribution in [0.15, 0.2) is 0 Å². The molecule has 0 aromatic carbocycles. The Labute approximate surface area is 154 Å². The fourth-order valence-corrected chi connectivity index (χ4v) is 4.29. The molecule has 1 aliphatic rings. The Hall–Kier alpha value is -0.610. The molecule has 1 rings (SSSR count). The first-order valence-corrected chi connectivity index (χ1v) is 10.5. The van der Waals surface area contributed by atoms with E-state index in [0.717, 1.165) is 38.0 Å². The fourth-order valence-electron chi connectivity index (χ4n) is 4.29. The number of carboxylic acid groups (broad SMARTS) is 1. The molecule has 4 nitrogen and oxygen atoms in total. The average molecular weight is 357 g/mol. The van der Waals surface area contributed by atoms with Crippen LogP contribution in [0.4, 0.5) is 0 Å². The molecule has 148 valence electrons. The number of carboxylic acids is 1. The van der Waals surface area contributed by atoms with Crippen molar-refractivity contribution in [2.75, 3.05) is 0 Å². The van der Waals surface area contributed by atoms with Crippen molar-refractivity contribution in [2.24, 2.45) is 17.8 Å². The quantitative estimate of drug-likeness (QED) is 0.436. The van der Waals surface area contributed by atoms with Crippen LogP contribution in [0.2, 0.25) is 0 Å². The minimum atomic E-state index is -0.813. The lowest BCUT2D eigenvalue weighted by atomic mass is 9.75. The van der Waals surface area contributed by atoms with Gasteiger partial charge in [0.25, 0.3) is 0 Å². The second kappa shape index (κ2) is 11.2. The van der Waals surface area contributed by atoms with E-state index < -0.39 is 5.97 Å². The van der Waals surface area contributed by atoms with Crippen LogP contribution in [-0.2, 0) is 14.6 Å². The molecule has 0 radical (unpaired) electrons. The minimum absolute atomic E-state index is 0.0313. The summed E-state index contributed by atoms with van der Waals surface area (Å²) in [5.41, 5.74) is -0.249. The maximum absolute atomic E-state index is 11.1. The zero-order valence-corrected chi connectivity index (χ0v) is 17.1. The van der Waals surface area contributed by atoms with E-state index in [9.17, 15) is 4.79 Å². The van der Waals surface area contributed by atoms with E-state index >= 15 is 0 Å². The normalized spacial score (nSPS) is 29.3. The highest BCUT2D eigenvalue weighted by molar-refractivity contribution is 5.67. The third kappa shape index (κ3) is 7.26. The Balaban J connectivity index is 2.69. The standard InChI is InChI=1S/C21H40O4/c1-6-10-11-16(5)12-17(7-2)14-21(9-4)15-18(8-3)19(24-25-21)13-20(22)23/h16-19H,6-15H2,1-5H3,(H,22,23)/t16-,17-,18-,19-,21-/m0/s1. The zero-order valence-electron chi connectivity index (χ0n) is 17.1.